The van der Waals surface area contributed by atoms with E-state index in [1.54, 1.807) is 0 Å². The van der Waals surface area contributed by atoms with Gasteiger partial charge in [-0.25, -0.2) is 0 Å². The molecule has 2 heteroatoms. The molecule has 3 rings (SSSR count). The summed E-state index contributed by atoms with van der Waals surface area (Å²) < 4.78 is 2.69. The minimum atomic E-state index is 0.655. The van der Waals surface area contributed by atoms with Gasteiger partial charge in [0.25, 0.3) is 0 Å². The van der Waals surface area contributed by atoms with Gasteiger partial charge in [-0.1, -0.05) is 24.3 Å². The van der Waals surface area contributed by atoms with Crippen molar-refractivity contribution in [3.63, 3.8) is 0 Å². The van der Waals surface area contributed by atoms with Gasteiger partial charge in [-0.3, -0.25) is 0 Å². The zero-order valence-electron chi connectivity index (χ0n) is 10.1. The van der Waals surface area contributed by atoms with Gasteiger partial charge in [-0.2, -0.15) is 0 Å². The molecule has 0 bridgehead atoms. The first-order chi connectivity index (χ1) is 8.88. The third-order valence-electron chi connectivity index (χ3n) is 3.23. The van der Waals surface area contributed by atoms with Crippen LogP contribution in [0.3, 0.4) is 0 Å². The molecule has 0 atom stereocenters. The maximum Gasteiger partial charge on any atom is 0.120 e. The topological polar surface area (TPSA) is 17.1 Å². The molecule has 0 aliphatic rings. The molecule has 0 radical (unpaired) electrons. The van der Waals surface area contributed by atoms with Crippen molar-refractivity contribution in [1.29, 1.82) is 0 Å². The first kappa shape index (κ1) is 11.4. The van der Waals surface area contributed by atoms with Crippen molar-refractivity contribution in [2.75, 3.05) is 0 Å². The number of thiophene rings is 1. The van der Waals surface area contributed by atoms with Gasteiger partial charge in [-0.15, -0.1) is 11.3 Å². The van der Waals surface area contributed by atoms with Crippen LogP contribution >= 0.6 is 11.3 Å². The lowest BCUT2D eigenvalue weighted by molar-refractivity contribution is -0.107. The first-order valence-corrected chi connectivity index (χ1v) is 7.04. The Kier molecular flexibility index (Phi) is 3.11. The lowest BCUT2D eigenvalue weighted by Crippen LogP contribution is -1.85. The zero-order chi connectivity index (χ0) is 12.4. The number of unbranched alkanes of at least 4 members (excludes halogenated alkanes) is 1. The molecule has 1 nitrogen and oxygen atoms in total. The number of fused-ring (bicyclic) bond motifs is 3. The predicted molar refractivity (Wildman–Crippen MR) is 78.3 cm³/mol. The van der Waals surface area contributed by atoms with Gasteiger partial charge < -0.3 is 4.79 Å². The zero-order valence-corrected chi connectivity index (χ0v) is 10.9. The van der Waals surface area contributed by atoms with Crippen LogP contribution in [0.5, 0.6) is 0 Å². The van der Waals surface area contributed by atoms with Crippen molar-refractivity contribution in [3.8, 4) is 0 Å². The molecule has 1 heterocycles. The molecule has 0 saturated carbocycles. The molecule has 1 aromatic heterocycles. The molecule has 0 unspecified atom stereocenters. The lowest BCUT2D eigenvalue weighted by atomic mass is 10.1. The normalized spacial score (nSPS) is 11.1. The van der Waals surface area contributed by atoms with E-state index in [0.29, 0.717) is 6.42 Å². The maximum absolute atomic E-state index is 10.3. The highest BCUT2D eigenvalue weighted by Crippen LogP contribution is 2.34. The third kappa shape index (κ3) is 2.04. The van der Waals surface area contributed by atoms with Crippen LogP contribution in [0.25, 0.3) is 20.2 Å². The summed E-state index contributed by atoms with van der Waals surface area (Å²) in [4.78, 5) is 10.3. The Bertz CT molecular complexity index is 696. The van der Waals surface area contributed by atoms with Crippen LogP contribution in [0, 0.1) is 0 Å². The fourth-order valence-corrected chi connectivity index (χ4v) is 3.40. The minimum Gasteiger partial charge on any atom is -0.303 e. The van der Waals surface area contributed by atoms with Crippen LogP contribution < -0.4 is 0 Å². The van der Waals surface area contributed by atoms with E-state index in [2.05, 4.69) is 42.5 Å². The summed E-state index contributed by atoms with van der Waals surface area (Å²) in [5, 5.41) is 2.69. The Labute approximate surface area is 110 Å². The summed E-state index contributed by atoms with van der Waals surface area (Å²) in [5.74, 6) is 0. The SMILES string of the molecule is O=CCCCc1ccc2sc3ccccc3c2c1. The molecular weight excluding hydrogens is 240 g/mol. The molecule has 0 aliphatic carbocycles. The second-order valence-corrected chi connectivity index (χ2v) is 5.57. The van der Waals surface area contributed by atoms with E-state index in [1.165, 1.54) is 25.7 Å². The number of hydrogen-bond acceptors (Lipinski definition) is 2. The number of aldehydes is 1. The first-order valence-electron chi connectivity index (χ1n) is 6.22. The summed E-state index contributed by atoms with van der Waals surface area (Å²) in [6.07, 6.45) is 3.58. The highest BCUT2D eigenvalue weighted by Gasteiger charge is 2.04. The van der Waals surface area contributed by atoms with Gasteiger partial charge in [0.2, 0.25) is 0 Å². The Morgan fingerprint density at radius 1 is 1.00 bits per heavy atom. The van der Waals surface area contributed by atoms with Gasteiger partial charge in [0, 0.05) is 26.6 Å². The van der Waals surface area contributed by atoms with E-state index in [0.717, 1.165) is 19.1 Å². The highest BCUT2D eigenvalue weighted by molar-refractivity contribution is 7.25. The van der Waals surface area contributed by atoms with E-state index >= 15 is 0 Å². The van der Waals surface area contributed by atoms with Crippen LogP contribution in [0.15, 0.2) is 42.5 Å². The summed E-state index contributed by atoms with van der Waals surface area (Å²) in [7, 11) is 0. The van der Waals surface area contributed by atoms with E-state index < -0.39 is 0 Å². The molecule has 3 aromatic rings. The van der Waals surface area contributed by atoms with Crippen molar-refractivity contribution < 1.29 is 4.79 Å². The monoisotopic (exact) mass is 254 g/mol. The number of benzene rings is 2. The number of carbonyl (C=O) groups is 1. The molecule has 0 amide bonds. The highest BCUT2D eigenvalue weighted by atomic mass is 32.1. The molecule has 0 N–H and O–H groups in total. The van der Waals surface area contributed by atoms with Crippen molar-refractivity contribution >= 4 is 37.8 Å². The van der Waals surface area contributed by atoms with Gasteiger partial charge >= 0.3 is 0 Å². The van der Waals surface area contributed by atoms with Gasteiger partial charge in [-0.05, 0) is 36.6 Å². The summed E-state index contributed by atoms with van der Waals surface area (Å²) in [6, 6.07) is 15.2. The number of hydrogen-bond donors (Lipinski definition) is 0. The number of rotatable bonds is 4. The molecule has 0 aliphatic heterocycles. The van der Waals surface area contributed by atoms with E-state index in [9.17, 15) is 4.79 Å². The van der Waals surface area contributed by atoms with Gasteiger partial charge in [0.15, 0.2) is 0 Å². The average Bonchev–Trinajstić information content (AvgIpc) is 2.77. The molecule has 0 spiro atoms. The standard InChI is InChI=1S/C16H14OS/c17-10-4-3-5-12-8-9-16-14(11-12)13-6-1-2-7-15(13)18-16/h1-2,6-11H,3-5H2. The average molecular weight is 254 g/mol. The Hall–Kier alpha value is -1.67. The van der Waals surface area contributed by atoms with Crippen LogP contribution in [0.1, 0.15) is 18.4 Å². The van der Waals surface area contributed by atoms with Gasteiger partial charge in [0.1, 0.15) is 6.29 Å². The van der Waals surface area contributed by atoms with Crippen LogP contribution in [-0.2, 0) is 11.2 Å². The van der Waals surface area contributed by atoms with Gasteiger partial charge in [0.05, 0.1) is 0 Å². The molecule has 18 heavy (non-hydrogen) atoms. The third-order valence-corrected chi connectivity index (χ3v) is 4.38. The minimum absolute atomic E-state index is 0.655. The lowest BCUT2D eigenvalue weighted by Gasteiger charge is -1.99. The smallest absolute Gasteiger partial charge is 0.120 e. The molecule has 0 fully saturated rings. The maximum atomic E-state index is 10.3. The Morgan fingerprint density at radius 2 is 1.83 bits per heavy atom. The quantitative estimate of drug-likeness (QED) is 0.492. The molecule has 2 aromatic carbocycles. The summed E-state index contributed by atoms with van der Waals surface area (Å²) in [5.41, 5.74) is 1.33. The molecular formula is C16H14OS. The number of carbonyl (C=O) groups excluding carboxylic acids is 1. The largest absolute Gasteiger partial charge is 0.303 e. The second-order valence-electron chi connectivity index (χ2n) is 4.49. The van der Waals surface area contributed by atoms with E-state index in [-0.39, 0.29) is 0 Å². The van der Waals surface area contributed by atoms with Crippen molar-refractivity contribution in [1.82, 2.24) is 0 Å². The van der Waals surface area contributed by atoms with Crippen molar-refractivity contribution in [2.45, 2.75) is 19.3 Å². The van der Waals surface area contributed by atoms with Crippen LogP contribution in [-0.4, -0.2) is 6.29 Å². The van der Waals surface area contributed by atoms with Crippen LogP contribution in [0.4, 0.5) is 0 Å². The number of aryl methyl sites for hydroxylation is 1. The summed E-state index contributed by atoms with van der Waals surface area (Å²) >= 11 is 1.84. The van der Waals surface area contributed by atoms with Crippen molar-refractivity contribution in [3.05, 3.63) is 48.0 Å². The van der Waals surface area contributed by atoms with Crippen LogP contribution in [0.2, 0.25) is 0 Å². The Morgan fingerprint density at radius 3 is 2.72 bits per heavy atom. The fraction of sp³-hybridized carbons (Fsp3) is 0.188. The Balaban J connectivity index is 2.04. The fourth-order valence-electron chi connectivity index (χ4n) is 2.32. The van der Waals surface area contributed by atoms with E-state index in [4.69, 9.17) is 0 Å². The van der Waals surface area contributed by atoms with E-state index in [1.807, 2.05) is 11.3 Å². The molecule has 0 saturated heterocycles. The molecule has 90 valence electrons. The summed E-state index contributed by atoms with van der Waals surface area (Å²) in [6.45, 7) is 0. The van der Waals surface area contributed by atoms with Crippen molar-refractivity contribution in [2.24, 2.45) is 0 Å². The second kappa shape index (κ2) is 4.91. The predicted octanol–water partition coefficient (Wildman–Crippen LogP) is 4.58.